The minimum absolute atomic E-state index is 0.0499. The Kier molecular flexibility index (Phi) is 6.13. The normalized spacial score (nSPS) is 13.2. The van der Waals surface area contributed by atoms with E-state index in [0.717, 1.165) is 42.9 Å². The van der Waals surface area contributed by atoms with E-state index in [1.807, 2.05) is 24.3 Å². The monoisotopic (exact) mass is 486 g/mol. The third kappa shape index (κ3) is 4.70. The van der Waals surface area contributed by atoms with Crippen molar-refractivity contribution in [3.05, 3.63) is 96.4 Å². The number of benzene rings is 3. The summed E-state index contributed by atoms with van der Waals surface area (Å²) >= 11 is 0. The highest BCUT2D eigenvalue weighted by atomic mass is 32.2. The van der Waals surface area contributed by atoms with Gasteiger partial charge in [0.2, 0.25) is 0 Å². The van der Waals surface area contributed by atoms with Crippen molar-refractivity contribution < 1.29 is 13.2 Å². The number of rotatable bonds is 6. The maximum atomic E-state index is 13.1. The standard InChI is InChI=1S/C27H26N4O3S/c1-30(23-12-3-2-4-13-23)35(33,34)24-14-8-10-21(18-24)27(32)28-22-11-7-9-20(17-22)25-19-31-16-6-5-15-26(31)29-25/h2-4,7-14,17-19H,5-6,15-16H2,1H3,(H,28,32). The Morgan fingerprint density at radius 1 is 0.971 bits per heavy atom. The van der Waals surface area contributed by atoms with Crippen LogP contribution in [0.25, 0.3) is 11.3 Å². The Balaban J connectivity index is 1.36. The number of anilines is 2. The predicted molar refractivity (Wildman–Crippen MR) is 137 cm³/mol. The van der Waals surface area contributed by atoms with Crippen molar-refractivity contribution in [3.63, 3.8) is 0 Å². The summed E-state index contributed by atoms with van der Waals surface area (Å²) < 4.78 is 29.7. The molecule has 0 saturated carbocycles. The number of amides is 1. The summed E-state index contributed by atoms with van der Waals surface area (Å²) in [5.74, 6) is 0.713. The molecule has 4 aromatic rings. The van der Waals surface area contributed by atoms with Gasteiger partial charge in [-0.05, 0) is 55.3 Å². The molecule has 2 heterocycles. The Bertz CT molecular complexity index is 1460. The number of hydrogen-bond acceptors (Lipinski definition) is 4. The minimum atomic E-state index is -3.82. The highest BCUT2D eigenvalue weighted by molar-refractivity contribution is 7.92. The molecule has 1 aliphatic heterocycles. The van der Waals surface area contributed by atoms with Crippen LogP contribution in [0, 0.1) is 0 Å². The second-order valence-corrected chi connectivity index (χ2v) is 10.5. The van der Waals surface area contributed by atoms with Gasteiger partial charge in [0.25, 0.3) is 15.9 Å². The molecule has 178 valence electrons. The molecule has 1 N–H and O–H groups in total. The fraction of sp³-hybridized carbons (Fsp3) is 0.185. The number of sulfonamides is 1. The number of nitrogens with one attached hydrogen (secondary N) is 1. The van der Waals surface area contributed by atoms with Crippen molar-refractivity contribution >= 4 is 27.3 Å². The van der Waals surface area contributed by atoms with Crippen molar-refractivity contribution in [1.82, 2.24) is 9.55 Å². The topological polar surface area (TPSA) is 84.3 Å². The van der Waals surface area contributed by atoms with E-state index < -0.39 is 10.0 Å². The average molecular weight is 487 g/mol. The smallest absolute Gasteiger partial charge is 0.264 e. The van der Waals surface area contributed by atoms with Crippen LogP contribution in [0.15, 0.2) is 90.0 Å². The van der Waals surface area contributed by atoms with Gasteiger partial charge in [0, 0.05) is 43.0 Å². The number of nitrogens with zero attached hydrogens (tertiary/aromatic N) is 3. The summed E-state index contributed by atoms with van der Waals surface area (Å²) in [6.45, 7) is 0.984. The number of carbonyl (C=O) groups excluding carboxylic acids is 1. The van der Waals surface area contributed by atoms with Crippen molar-refractivity contribution in [3.8, 4) is 11.3 Å². The van der Waals surface area contributed by atoms with Crippen LogP contribution in [-0.2, 0) is 23.0 Å². The fourth-order valence-electron chi connectivity index (χ4n) is 4.24. The second kappa shape index (κ2) is 9.38. The third-order valence-electron chi connectivity index (χ3n) is 6.20. The molecule has 7 nitrogen and oxygen atoms in total. The molecular formula is C27H26N4O3S. The van der Waals surface area contributed by atoms with Gasteiger partial charge in [-0.3, -0.25) is 9.10 Å². The Morgan fingerprint density at radius 2 is 1.77 bits per heavy atom. The zero-order valence-electron chi connectivity index (χ0n) is 19.4. The molecule has 0 saturated heterocycles. The van der Waals surface area contributed by atoms with E-state index in [4.69, 9.17) is 4.98 Å². The van der Waals surface area contributed by atoms with Crippen molar-refractivity contribution in [2.45, 2.75) is 30.7 Å². The summed E-state index contributed by atoms with van der Waals surface area (Å²) in [5, 5.41) is 2.89. The summed E-state index contributed by atoms with van der Waals surface area (Å²) in [7, 11) is -2.33. The highest BCUT2D eigenvalue weighted by Gasteiger charge is 2.22. The van der Waals surface area contributed by atoms with Crippen LogP contribution in [0.5, 0.6) is 0 Å². The lowest BCUT2D eigenvalue weighted by atomic mass is 10.1. The Hall–Kier alpha value is -3.91. The third-order valence-corrected chi connectivity index (χ3v) is 7.98. The van der Waals surface area contributed by atoms with Gasteiger partial charge in [-0.1, -0.05) is 36.4 Å². The largest absolute Gasteiger partial charge is 0.334 e. The molecule has 8 heteroatoms. The molecule has 1 aliphatic rings. The van der Waals surface area contributed by atoms with Crippen LogP contribution < -0.4 is 9.62 Å². The molecule has 0 aliphatic carbocycles. The van der Waals surface area contributed by atoms with Gasteiger partial charge in [-0.2, -0.15) is 0 Å². The van der Waals surface area contributed by atoms with E-state index in [-0.39, 0.29) is 16.4 Å². The van der Waals surface area contributed by atoms with Crippen molar-refractivity contribution in [2.24, 2.45) is 0 Å². The number of imidazole rings is 1. The summed E-state index contributed by atoms with van der Waals surface area (Å²) in [6.07, 6.45) is 5.36. The number of carbonyl (C=O) groups is 1. The van der Waals surface area contributed by atoms with E-state index in [0.29, 0.717) is 11.4 Å². The van der Waals surface area contributed by atoms with E-state index in [1.165, 1.54) is 23.5 Å². The Labute approximate surface area is 205 Å². The van der Waals surface area contributed by atoms with Crippen LogP contribution in [0.2, 0.25) is 0 Å². The number of fused-ring (bicyclic) bond motifs is 1. The highest BCUT2D eigenvalue weighted by Crippen LogP contribution is 2.26. The molecule has 1 aromatic heterocycles. The molecule has 35 heavy (non-hydrogen) atoms. The van der Waals surface area contributed by atoms with Crippen LogP contribution in [-0.4, -0.2) is 30.9 Å². The molecule has 3 aromatic carbocycles. The quantitative estimate of drug-likeness (QED) is 0.417. The van der Waals surface area contributed by atoms with Gasteiger partial charge in [0.05, 0.1) is 16.3 Å². The zero-order valence-corrected chi connectivity index (χ0v) is 20.2. The summed E-state index contributed by atoms with van der Waals surface area (Å²) in [6, 6.07) is 22.4. The summed E-state index contributed by atoms with van der Waals surface area (Å²) in [4.78, 5) is 17.8. The van der Waals surface area contributed by atoms with Gasteiger partial charge in [-0.25, -0.2) is 13.4 Å². The van der Waals surface area contributed by atoms with E-state index in [1.54, 1.807) is 42.5 Å². The number of para-hydroxylation sites is 1. The predicted octanol–water partition coefficient (Wildman–Crippen LogP) is 4.96. The second-order valence-electron chi connectivity index (χ2n) is 8.56. The molecular weight excluding hydrogens is 460 g/mol. The van der Waals surface area contributed by atoms with Gasteiger partial charge in [0.1, 0.15) is 5.82 Å². The first kappa shape index (κ1) is 22.9. The lowest BCUT2D eigenvalue weighted by Gasteiger charge is -2.19. The van der Waals surface area contributed by atoms with Gasteiger partial charge >= 0.3 is 0 Å². The van der Waals surface area contributed by atoms with Crippen LogP contribution >= 0.6 is 0 Å². The number of aryl methyl sites for hydroxylation is 2. The first-order chi connectivity index (χ1) is 16.9. The first-order valence-corrected chi connectivity index (χ1v) is 13.0. The maximum Gasteiger partial charge on any atom is 0.264 e. The van der Waals surface area contributed by atoms with E-state index in [9.17, 15) is 13.2 Å². The van der Waals surface area contributed by atoms with Gasteiger partial charge < -0.3 is 9.88 Å². The zero-order chi connectivity index (χ0) is 24.4. The van der Waals surface area contributed by atoms with Crippen molar-refractivity contribution in [1.29, 1.82) is 0 Å². The van der Waals surface area contributed by atoms with E-state index in [2.05, 4.69) is 16.1 Å². The van der Waals surface area contributed by atoms with Gasteiger partial charge in [0.15, 0.2) is 0 Å². The first-order valence-electron chi connectivity index (χ1n) is 11.5. The van der Waals surface area contributed by atoms with Gasteiger partial charge in [-0.15, -0.1) is 0 Å². The fourth-order valence-corrected chi connectivity index (χ4v) is 5.49. The van der Waals surface area contributed by atoms with Crippen molar-refractivity contribution in [2.75, 3.05) is 16.7 Å². The molecule has 1 amide bonds. The molecule has 0 fully saturated rings. The minimum Gasteiger partial charge on any atom is -0.334 e. The Morgan fingerprint density at radius 3 is 2.57 bits per heavy atom. The summed E-state index contributed by atoms with van der Waals surface area (Å²) in [5.41, 5.74) is 3.23. The lowest BCUT2D eigenvalue weighted by Crippen LogP contribution is -2.26. The molecule has 0 bridgehead atoms. The average Bonchev–Trinajstić information content (AvgIpc) is 3.33. The van der Waals surface area contributed by atoms with E-state index >= 15 is 0 Å². The molecule has 0 unspecified atom stereocenters. The molecule has 0 atom stereocenters. The molecule has 0 spiro atoms. The SMILES string of the molecule is CN(c1ccccc1)S(=O)(=O)c1cccc(C(=O)Nc2cccc(-c3cn4c(n3)CCCC4)c2)c1. The van der Waals surface area contributed by atoms with Crippen LogP contribution in [0.1, 0.15) is 29.0 Å². The lowest BCUT2D eigenvalue weighted by molar-refractivity contribution is 0.102. The van der Waals surface area contributed by atoms with Crippen LogP contribution in [0.3, 0.4) is 0 Å². The molecule has 5 rings (SSSR count). The maximum absolute atomic E-state index is 13.1. The number of aromatic nitrogens is 2. The number of hydrogen-bond donors (Lipinski definition) is 1. The molecule has 0 radical (unpaired) electrons. The van der Waals surface area contributed by atoms with Crippen LogP contribution in [0.4, 0.5) is 11.4 Å².